The fourth-order valence-corrected chi connectivity index (χ4v) is 5.24. The number of amidine groups is 1. The molecule has 0 bridgehead atoms. The van der Waals surface area contributed by atoms with Gasteiger partial charge >= 0.3 is 0 Å². The summed E-state index contributed by atoms with van der Waals surface area (Å²) in [5.41, 5.74) is 4.89. The zero-order valence-corrected chi connectivity index (χ0v) is 17.3. The van der Waals surface area contributed by atoms with Gasteiger partial charge in [0.25, 0.3) is 5.91 Å². The van der Waals surface area contributed by atoms with Gasteiger partial charge < -0.3 is 9.64 Å². The molecule has 0 unspecified atom stereocenters. The molecule has 0 aromatic carbocycles. The molecule has 1 amide bonds. The lowest BCUT2D eigenvalue weighted by Crippen LogP contribution is -2.44. The van der Waals surface area contributed by atoms with E-state index in [2.05, 4.69) is 25.9 Å². The quantitative estimate of drug-likeness (QED) is 0.673. The number of aryl methyl sites for hydroxylation is 1. The van der Waals surface area contributed by atoms with Crippen molar-refractivity contribution in [2.24, 2.45) is 4.99 Å². The summed E-state index contributed by atoms with van der Waals surface area (Å²) in [6, 6.07) is 8.08. The van der Waals surface area contributed by atoms with Crippen LogP contribution in [0, 0.1) is 6.92 Å². The monoisotopic (exact) mass is 406 g/mol. The van der Waals surface area contributed by atoms with Gasteiger partial charge in [-0.2, -0.15) is 4.99 Å². The molecule has 0 aliphatic carbocycles. The van der Waals surface area contributed by atoms with Crippen molar-refractivity contribution in [2.75, 3.05) is 13.1 Å². The Bertz CT molecular complexity index is 1040. The smallest absolute Gasteiger partial charge is 0.286 e. The number of hydrogen-bond donors (Lipinski definition) is 0. The summed E-state index contributed by atoms with van der Waals surface area (Å²) in [5, 5.41) is 0.795. The molecule has 3 aliphatic rings. The van der Waals surface area contributed by atoms with E-state index in [9.17, 15) is 4.79 Å². The molecule has 0 saturated carbocycles. The molecule has 3 aliphatic heterocycles. The first-order valence-electron chi connectivity index (χ1n) is 9.84. The number of allylic oxidation sites excluding steroid dienone is 1. The maximum absolute atomic E-state index is 12.6. The highest BCUT2D eigenvalue weighted by Gasteiger charge is 2.44. The van der Waals surface area contributed by atoms with Gasteiger partial charge in [-0.25, -0.2) is 0 Å². The van der Waals surface area contributed by atoms with Crippen molar-refractivity contribution in [3.8, 4) is 0 Å². The van der Waals surface area contributed by atoms with Crippen molar-refractivity contribution in [1.29, 1.82) is 0 Å². The Morgan fingerprint density at radius 1 is 1.21 bits per heavy atom. The van der Waals surface area contributed by atoms with E-state index in [1.165, 1.54) is 17.3 Å². The summed E-state index contributed by atoms with van der Waals surface area (Å²) in [7, 11) is 0. The Hall–Kier alpha value is -2.51. The molecule has 1 fully saturated rings. The Morgan fingerprint density at radius 3 is 2.79 bits per heavy atom. The molecule has 7 heteroatoms. The minimum Gasteiger partial charge on any atom is -0.364 e. The van der Waals surface area contributed by atoms with Gasteiger partial charge in [-0.1, -0.05) is 12.1 Å². The van der Waals surface area contributed by atoms with Gasteiger partial charge in [-0.15, -0.1) is 0 Å². The lowest BCUT2D eigenvalue weighted by molar-refractivity contribution is -0.113. The van der Waals surface area contributed by atoms with E-state index in [-0.39, 0.29) is 11.5 Å². The summed E-state index contributed by atoms with van der Waals surface area (Å²) in [5.74, 6) is -0.157. The van der Waals surface area contributed by atoms with Gasteiger partial charge in [0.1, 0.15) is 0 Å². The van der Waals surface area contributed by atoms with Gasteiger partial charge in [0.15, 0.2) is 5.17 Å². The molecule has 5 heterocycles. The average Bonchev–Trinajstić information content (AvgIpc) is 3.30. The number of fused-ring (bicyclic) bond motifs is 2. The van der Waals surface area contributed by atoms with Crippen molar-refractivity contribution in [3.05, 3.63) is 64.1 Å². The first-order chi connectivity index (χ1) is 14.1. The summed E-state index contributed by atoms with van der Waals surface area (Å²) < 4.78 is 6.19. The molecular formula is C22H22N4O2S. The molecule has 0 radical (unpaired) electrons. The predicted octanol–water partition coefficient (Wildman–Crippen LogP) is 3.67. The fraction of sp³-hybridized carbons (Fsp3) is 0.364. The number of rotatable bonds is 1. The minimum atomic E-state index is -0.240. The van der Waals surface area contributed by atoms with Crippen molar-refractivity contribution in [2.45, 2.75) is 38.9 Å². The number of likely N-dealkylation sites (tertiary alicyclic amines) is 1. The molecule has 6 nitrogen and oxygen atoms in total. The number of carbonyl (C=O) groups excluding carboxylic acids is 1. The van der Waals surface area contributed by atoms with Gasteiger partial charge in [0, 0.05) is 36.7 Å². The second-order valence-corrected chi connectivity index (χ2v) is 8.69. The molecule has 0 atom stereocenters. The van der Waals surface area contributed by atoms with Crippen LogP contribution in [0.5, 0.6) is 0 Å². The van der Waals surface area contributed by atoms with Gasteiger partial charge in [-0.05, 0) is 61.7 Å². The standard InChI is InChI=1S/C22H22N4O2S/c1-14-5-6-16(12-24-14)15(2)19-20(27)25-21(29-19)26-10-7-22(8-11-26)17-4-3-9-23-18(17)13-28-22/h3-6,9,12H,7-8,10-11,13H2,1-2H3. The number of piperidine rings is 1. The van der Waals surface area contributed by atoms with Crippen LogP contribution in [0.15, 0.2) is 46.6 Å². The SMILES string of the molecule is CC(=C1SC(N2CCC3(CC2)OCc2ncccc23)=NC1=O)c1ccc(C)nc1. The van der Waals surface area contributed by atoms with E-state index in [1.54, 1.807) is 0 Å². The summed E-state index contributed by atoms with van der Waals surface area (Å²) in [6.07, 6.45) is 5.39. The van der Waals surface area contributed by atoms with Crippen LogP contribution >= 0.6 is 11.8 Å². The molecule has 5 rings (SSSR count). The van der Waals surface area contributed by atoms with E-state index in [1.807, 2.05) is 44.4 Å². The molecule has 2 aromatic heterocycles. The second-order valence-electron chi connectivity index (χ2n) is 7.71. The van der Waals surface area contributed by atoms with E-state index < -0.39 is 0 Å². The van der Waals surface area contributed by atoms with Crippen LogP contribution in [-0.4, -0.2) is 39.0 Å². The first-order valence-corrected chi connectivity index (χ1v) is 10.7. The van der Waals surface area contributed by atoms with E-state index in [0.717, 1.165) is 53.6 Å². The number of pyridine rings is 2. The number of amides is 1. The normalized spacial score (nSPS) is 22.1. The van der Waals surface area contributed by atoms with Crippen LogP contribution in [0.2, 0.25) is 0 Å². The second kappa shape index (κ2) is 7.07. The largest absolute Gasteiger partial charge is 0.364 e. The summed E-state index contributed by atoms with van der Waals surface area (Å²) in [4.78, 5) is 28.6. The van der Waals surface area contributed by atoms with Crippen LogP contribution in [0.1, 0.15) is 42.3 Å². The Kier molecular flexibility index (Phi) is 4.52. The third-order valence-electron chi connectivity index (χ3n) is 5.98. The molecule has 29 heavy (non-hydrogen) atoms. The Labute approximate surface area is 174 Å². The topological polar surface area (TPSA) is 67.7 Å². The highest BCUT2D eigenvalue weighted by molar-refractivity contribution is 8.18. The zero-order valence-electron chi connectivity index (χ0n) is 16.5. The van der Waals surface area contributed by atoms with Crippen molar-refractivity contribution in [3.63, 3.8) is 0 Å². The van der Waals surface area contributed by atoms with Crippen molar-refractivity contribution < 1.29 is 9.53 Å². The Balaban J connectivity index is 1.31. The predicted molar refractivity (Wildman–Crippen MR) is 113 cm³/mol. The van der Waals surface area contributed by atoms with Crippen LogP contribution in [0.25, 0.3) is 5.57 Å². The number of hydrogen-bond acceptors (Lipinski definition) is 6. The maximum atomic E-state index is 12.6. The van der Waals surface area contributed by atoms with Crippen LogP contribution in [-0.2, 0) is 21.7 Å². The van der Waals surface area contributed by atoms with E-state index in [4.69, 9.17) is 4.74 Å². The van der Waals surface area contributed by atoms with Crippen molar-refractivity contribution in [1.82, 2.24) is 14.9 Å². The van der Waals surface area contributed by atoms with Gasteiger partial charge in [0.2, 0.25) is 0 Å². The van der Waals surface area contributed by atoms with Crippen LogP contribution in [0.3, 0.4) is 0 Å². The minimum absolute atomic E-state index is 0.157. The van der Waals surface area contributed by atoms with Crippen LogP contribution in [0.4, 0.5) is 0 Å². The molecule has 0 N–H and O–H groups in total. The molecular weight excluding hydrogens is 384 g/mol. The van der Waals surface area contributed by atoms with E-state index >= 15 is 0 Å². The molecule has 2 aromatic rings. The highest BCUT2D eigenvalue weighted by Crippen LogP contribution is 2.44. The maximum Gasteiger partial charge on any atom is 0.286 e. The number of carbonyl (C=O) groups is 1. The molecule has 1 spiro atoms. The third-order valence-corrected chi connectivity index (χ3v) is 7.19. The fourth-order valence-electron chi connectivity index (χ4n) is 4.21. The van der Waals surface area contributed by atoms with Gasteiger partial charge in [-0.3, -0.25) is 14.8 Å². The number of ether oxygens (including phenoxy) is 1. The number of aromatic nitrogens is 2. The highest BCUT2D eigenvalue weighted by atomic mass is 32.2. The zero-order chi connectivity index (χ0) is 20.0. The first kappa shape index (κ1) is 18.5. The third kappa shape index (κ3) is 3.18. The lowest BCUT2D eigenvalue weighted by Gasteiger charge is -2.39. The average molecular weight is 407 g/mol. The Morgan fingerprint density at radius 2 is 2.03 bits per heavy atom. The number of thioether (sulfide) groups is 1. The van der Waals surface area contributed by atoms with Crippen molar-refractivity contribution >= 4 is 28.4 Å². The van der Waals surface area contributed by atoms with E-state index in [0.29, 0.717) is 11.5 Å². The summed E-state index contributed by atoms with van der Waals surface area (Å²) >= 11 is 1.47. The molecule has 148 valence electrons. The molecule has 1 saturated heterocycles. The lowest BCUT2D eigenvalue weighted by atomic mass is 9.85. The number of nitrogens with zero attached hydrogens (tertiary/aromatic N) is 4. The summed E-state index contributed by atoms with van der Waals surface area (Å²) in [6.45, 7) is 6.12. The number of aliphatic imine (C=N–C) groups is 1. The van der Waals surface area contributed by atoms with Crippen LogP contribution < -0.4 is 0 Å². The van der Waals surface area contributed by atoms with Gasteiger partial charge in [0.05, 0.1) is 22.8 Å².